The van der Waals surface area contributed by atoms with Gasteiger partial charge in [0.15, 0.2) is 0 Å². The van der Waals surface area contributed by atoms with Crippen LogP contribution in [0.25, 0.3) is 0 Å². The van der Waals surface area contributed by atoms with Crippen molar-refractivity contribution in [3.8, 4) is 5.75 Å². The summed E-state index contributed by atoms with van der Waals surface area (Å²) in [4.78, 5) is 24.5. The van der Waals surface area contributed by atoms with Gasteiger partial charge < -0.3 is 15.4 Å². The van der Waals surface area contributed by atoms with Crippen LogP contribution < -0.4 is 20.1 Å². The van der Waals surface area contributed by atoms with E-state index in [1.807, 2.05) is 0 Å². The zero-order chi connectivity index (χ0) is 23.8. The average Bonchev–Trinajstić information content (AvgIpc) is 2.82. The van der Waals surface area contributed by atoms with Crippen LogP contribution in [0.5, 0.6) is 5.75 Å². The Morgan fingerprint density at radius 2 is 1.58 bits per heavy atom. The third-order valence-corrected chi connectivity index (χ3v) is 5.98. The molecule has 0 saturated carbocycles. The molecule has 0 radical (unpaired) electrons. The van der Waals surface area contributed by atoms with Crippen molar-refractivity contribution in [2.24, 2.45) is 0 Å². The lowest BCUT2D eigenvalue weighted by molar-refractivity contribution is -0.120. The largest absolute Gasteiger partial charge is 0.497 e. The molecule has 0 atom stereocenters. The van der Waals surface area contributed by atoms with E-state index in [0.717, 1.165) is 29.8 Å². The van der Waals surface area contributed by atoms with Crippen molar-refractivity contribution in [2.45, 2.75) is 11.4 Å². The molecule has 0 heterocycles. The molecule has 0 spiro atoms. The van der Waals surface area contributed by atoms with Crippen molar-refractivity contribution in [3.05, 3.63) is 89.7 Å². The minimum absolute atomic E-state index is 0.0259. The first-order valence-corrected chi connectivity index (χ1v) is 11.3. The van der Waals surface area contributed by atoms with Crippen LogP contribution in [0.4, 0.5) is 10.1 Å². The number of hydrogen-bond donors (Lipinski definition) is 3. The van der Waals surface area contributed by atoms with Crippen LogP contribution >= 0.6 is 0 Å². The Hall–Kier alpha value is -3.92. The highest BCUT2D eigenvalue weighted by atomic mass is 32.2. The van der Waals surface area contributed by atoms with Gasteiger partial charge in [0.05, 0.1) is 29.8 Å². The summed E-state index contributed by atoms with van der Waals surface area (Å²) < 4.78 is 45.7. The molecule has 3 aromatic carbocycles. The summed E-state index contributed by atoms with van der Waals surface area (Å²) in [5.41, 5.74) is 0.917. The molecule has 3 N–H and O–H groups in total. The molecule has 172 valence electrons. The van der Waals surface area contributed by atoms with Crippen molar-refractivity contribution in [2.75, 3.05) is 18.4 Å². The monoisotopic (exact) mass is 471 g/mol. The van der Waals surface area contributed by atoms with Gasteiger partial charge in [-0.2, -0.15) is 0 Å². The minimum Gasteiger partial charge on any atom is -0.497 e. The molecule has 0 unspecified atom stereocenters. The molecule has 2 amide bonds. The molecule has 0 aliphatic rings. The lowest BCUT2D eigenvalue weighted by Gasteiger charge is -2.13. The average molecular weight is 472 g/mol. The Labute approximate surface area is 190 Å². The van der Waals surface area contributed by atoms with Crippen molar-refractivity contribution < 1.29 is 27.1 Å². The highest BCUT2D eigenvalue weighted by Gasteiger charge is 2.19. The molecule has 0 aromatic heterocycles. The Morgan fingerprint density at radius 1 is 0.909 bits per heavy atom. The summed E-state index contributed by atoms with van der Waals surface area (Å²) in [5, 5.41) is 5.16. The number of rotatable bonds is 9. The zero-order valence-corrected chi connectivity index (χ0v) is 18.5. The number of amides is 2. The van der Waals surface area contributed by atoms with Crippen LogP contribution in [0.3, 0.4) is 0 Å². The Balaban J connectivity index is 1.60. The number of anilines is 1. The van der Waals surface area contributed by atoms with Gasteiger partial charge in [-0.25, -0.2) is 12.8 Å². The second-order valence-electron chi connectivity index (χ2n) is 6.91. The Bertz CT molecular complexity index is 1230. The summed E-state index contributed by atoms with van der Waals surface area (Å²) in [7, 11) is -2.49. The first-order chi connectivity index (χ1) is 15.8. The number of ether oxygens (including phenoxy) is 1. The van der Waals surface area contributed by atoms with E-state index in [1.54, 1.807) is 43.5 Å². The van der Waals surface area contributed by atoms with Crippen LogP contribution in [-0.2, 0) is 21.4 Å². The van der Waals surface area contributed by atoms with Crippen molar-refractivity contribution in [3.63, 3.8) is 0 Å². The molecule has 10 heteroatoms. The van der Waals surface area contributed by atoms with Gasteiger partial charge in [0, 0.05) is 6.54 Å². The molecule has 3 rings (SSSR count). The van der Waals surface area contributed by atoms with Crippen LogP contribution in [0, 0.1) is 5.82 Å². The number of para-hydroxylation sites is 1. The molecular formula is C23H22FN3O5S. The molecule has 8 nitrogen and oxygen atoms in total. The number of carbonyl (C=O) groups excluding carboxylic acids is 2. The Kier molecular flexibility index (Phi) is 7.62. The fraction of sp³-hybridized carbons (Fsp3) is 0.130. The summed E-state index contributed by atoms with van der Waals surface area (Å²) in [6, 6.07) is 17.4. The number of carbonyl (C=O) groups is 2. The fourth-order valence-corrected chi connectivity index (χ4v) is 3.93. The maximum Gasteiger partial charge on any atom is 0.261 e. The zero-order valence-electron chi connectivity index (χ0n) is 17.7. The third-order valence-electron chi connectivity index (χ3n) is 4.60. The molecule has 0 fully saturated rings. The van der Waals surface area contributed by atoms with Crippen molar-refractivity contribution in [1.82, 2.24) is 10.6 Å². The van der Waals surface area contributed by atoms with Crippen LogP contribution in [0.2, 0.25) is 0 Å². The lowest BCUT2D eigenvalue weighted by atomic mass is 10.1. The van der Waals surface area contributed by atoms with Gasteiger partial charge >= 0.3 is 0 Å². The van der Waals surface area contributed by atoms with E-state index in [-0.39, 0.29) is 29.2 Å². The topological polar surface area (TPSA) is 114 Å². The van der Waals surface area contributed by atoms with Gasteiger partial charge in [0.1, 0.15) is 11.6 Å². The number of methoxy groups -OCH3 is 1. The van der Waals surface area contributed by atoms with Gasteiger partial charge in [0.25, 0.3) is 15.9 Å². The van der Waals surface area contributed by atoms with Gasteiger partial charge in [-0.3, -0.25) is 14.3 Å². The van der Waals surface area contributed by atoms with Crippen molar-refractivity contribution in [1.29, 1.82) is 0 Å². The van der Waals surface area contributed by atoms with E-state index in [1.165, 1.54) is 12.1 Å². The molecule has 33 heavy (non-hydrogen) atoms. The summed E-state index contributed by atoms with van der Waals surface area (Å²) in [6.45, 7) is -0.0270. The molecule has 0 bridgehead atoms. The van der Waals surface area contributed by atoms with Crippen LogP contribution in [-0.4, -0.2) is 33.9 Å². The lowest BCUT2D eigenvalue weighted by Crippen LogP contribution is -2.36. The summed E-state index contributed by atoms with van der Waals surface area (Å²) in [5.74, 6) is -0.916. The quantitative estimate of drug-likeness (QED) is 0.444. The third kappa shape index (κ3) is 6.53. The van der Waals surface area contributed by atoms with Crippen LogP contribution in [0.15, 0.2) is 77.7 Å². The number of nitrogens with one attached hydrogen (secondary N) is 3. The summed E-state index contributed by atoms with van der Waals surface area (Å²) in [6.07, 6.45) is 0. The minimum atomic E-state index is -4.05. The Morgan fingerprint density at radius 3 is 2.24 bits per heavy atom. The first-order valence-electron chi connectivity index (χ1n) is 9.84. The van der Waals surface area contributed by atoms with Gasteiger partial charge in [-0.05, 0) is 54.1 Å². The molecule has 0 saturated heterocycles. The summed E-state index contributed by atoms with van der Waals surface area (Å²) >= 11 is 0. The van der Waals surface area contributed by atoms with Gasteiger partial charge in [-0.15, -0.1) is 0 Å². The van der Waals surface area contributed by atoms with E-state index in [0.29, 0.717) is 5.75 Å². The van der Waals surface area contributed by atoms with E-state index in [4.69, 9.17) is 4.74 Å². The predicted octanol–water partition coefficient (Wildman–Crippen LogP) is 2.68. The highest BCUT2D eigenvalue weighted by Crippen LogP contribution is 2.20. The molecule has 3 aromatic rings. The predicted molar refractivity (Wildman–Crippen MR) is 121 cm³/mol. The molecule has 0 aliphatic heterocycles. The maximum atomic E-state index is 13.1. The molecule has 0 aliphatic carbocycles. The SMILES string of the molecule is COc1ccc(CNC(=O)CNC(=O)c2ccccc2NS(=O)(=O)c2ccc(F)cc2)cc1. The van der Waals surface area contributed by atoms with Gasteiger partial charge in [0.2, 0.25) is 5.91 Å². The van der Waals surface area contributed by atoms with Crippen molar-refractivity contribution >= 4 is 27.5 Å². The number of benzene rings is 3. The van der Waals surface area contributed by atoms with Gasteiger partial charge in [-0.1, -0.05) is 24.3 Å². The first kappa shape index (κ1) is 23.7. The number of halogens is 1. The smallest absolute Gasteiger partial charge is 0.261 e. The second-order valence-corrected chi connectivity index (χ2v) is 8.59. The van der Waals surface area contributed by atoms with E-state index in [2.05, 4.69) is 15.4 Å². The van der Waals surface area contributed by atoms with E-state index >= 15 is 0 Å². The second kappa shape index (κ2) is 10.6. The van der Waals surface area contributed by atoms with E-state index < -0.39 is 27.7 Å². The number of hydrogen-bond acceptors (Lipinski definition) is 5. The van der Waals surface area contributed by atoms with Crippen LogP contribution in [0.1, 0.15) is 15.9 Å². The molecular weight excluding hydrogens is 449 g/mol. The van der Waals surface area contributed by atoms with E-state index in [9.17, 15) is 22.4 Å². The highest BCUT2D eigenvalue weighted by molar-refractivity contribution is 7.92. The normalized spacial score (nSPS) is 10.8. The fourth-order valence-electron chi connectivity index (χ4n) is 2.85. The standard InChI is InChI=1S/C23H22FN3O5S/c1-32-18-10-6-16(7-11-18)14-25-22(28)15-26-23(29)20-4-2-3-5-21(20)27-33(30,31)19-12-8-17(24)9-13-19/h2-13,27H,14-15H2,1H3,(H,25,28)(H,26,29). The maximum absolute atomic E-state index is 13.1. The number of sulfonamides is 1.